The van der Waals surface area contributed by atoms with Gasteiger partial charge in [-0.2, -0.15) is 5.26 Å². The normalized spacial score (nSPS) is 27.8. The van der Waals surface area contributed by atoms with E-state index in [1.807, 2.05) is 0 Å². The third-order valence-electron chi connectivity index (χ3n) is 7.02. The van der Waals surface area contributed by atoms with Gasteiger partial charge in [0, 0.05) is 25.8 Å². The summed E-state index contributed by atoms with van der Waals surface area (Å²) in [4.78, 5) is 41.6. The van der Waals surface area contributed by atoms with Crippen molar-refractivity contribution in [2.75, 3.05) is 26.3 Å². The number of amides is 4. The van der Waals surface area contributed by atoms with Gasteiger partial charge in [-0.1, -0.05) is 20.8 Å². The molecule has 1 spiro atoms. The van der Waals surface area contributed by atoms with Crippen molar-refractivity contribution in [2.24, 2.45) is 11.3 Å². The summed E-state index contributed by atoms with van der Waals surface area (Å²) in [5.41, 5.74) is -0.691. The molecule has 3 fully saturated rings. The Kier molecular flexibility index (Phi) is 6.71. The lowest BCUT2D eigenvalue weighted by Gasteiger charge is -2.40. The van der Waals surface area contributed by atoms with Crippen LogP contribution in [-0.2, 0) is 14.3 Å². The van der Waals surface area contributed by atoms with E-state index in [1.165, 1.54) is 0 Å². The van der Waals surface area contributed by atoms with Gasteiger partial charge in [-0.25, -0.2) is 4.79 Å². The highest BCUT2D eigenvalue weighted by Gasteiger charge is 2.53. The van der Waals surface area contributed by atoms with Crippen molar-refractivity contribution < 1.29 is 19.1 Å². The van der Waals surface area contributed by atoms with Gasteiger partial charge in [0.2, 0.25) is 5.91 Å². The third-order valence-corrected chi connectivity index (χ3v) is 7.02. The molecule has 2 aliphatic heterocycles. The topological polar surface area (TPSA) is 103 Å². The Hall–Kier alpha value is -2.14. The van der Waals surface area contributed by atoms with Gasteiger partial charge in [-0.3, -0.25) is 14.5 Å². The monoisotopic (exact) mass is 418 g/mol. The largest absolute Gasteiger partial charge is 0.381 e. The summed E-state index contributed by atoms with van der Waals surface area (Å²) in [6, 6.07) is 1.59. The summed E-state index contributed by atoms with van der Waals surface area (Å²) >= 11 is 0. The molecule has 3 rings (SSSR count). The molecule has 8 heteroatoms. The number of carbonyl (C=O) groups is 3. The fourth-order valence-electron chi connectivity index (χ4n) is 5.04. The molecule has 1 saturated carbocycles. The number of hydrogen-bond acceptors (Lipinski definition) is 5. The lowest BCUT2D eigenvalue weighted by molar-refractivity contribution is -0.142. The van der Waals surface area contributed by atoms with Crippen molar-refractivity contribution >= 4 is 17.8 Å². The number of hydrogen-bond donors (Lipinski definition) is 1. The van der Waals surface area contributed by atoms with Crippen LogP contribution in [0.3, 0.4) is 0 Å². The number of nitriles is 1. The van der Waals surface area contributed by atoms with Gasteiger partial charge in [-0.15, -0.1) is 0 Å². The quantitative estimate of drug-likeness (QED) is 0.691. The van der Waals surface area contributed by atoms with Gasteiger partial charge in [0.05, 0.1) is 12.5 Å². The first kappa shape index (κ1) is 22.5. The van der Waals surface area contributed by atoms with Gasteiger partial charge >= 0.3 is 6.03 Å². The Labute approximate surface area is 178 Å². The zero-order valence-corrected chi connectivity index (χ0v) is 18.4. The van der Waals surface area contributed by atoms with E-state index in [0.29, 0.717) is 51.4 Å². The maximum absolute atomic E-state index is 13.2. The van der Waals surface area contributed by atoms with Crippen molar-refractivity contribution in [1.29, 1.82) is 5.26 Å². The number of imide groups is 1. The zero-order chi connectivity index (χ0) is 21.9. The third kappa shape index (κ3) is 4.61. The molecule has 0 radical (unpaired) electrons. The number of carbonyl (C=O) groups excluding carboxylic acids is 3. The minimum absolute atomic E-state index is 0.0171. The molecule has 3 aliphatic rings. The first-order valence-electron chi connectivity index (χ1n) is 11.1. The summed E-state index contributed by atoms with van der Waals surface area (Å²) in [6.07, 6.45) is 4.62. The second-order valence-electron chi connectivity index (χ2n) is 9.88. The van der Waals surface area contributed by atoms with E-state index in [1.54, 1.807) is 4.90 Å². The second kappa shape index (κ2) is 8.93. The van der Waals surface area contributed by atoms with Crippen LogP contribution in [0.25, 0.3) is 0 Å². The molecule has 8 nitrogen and oxygen atoms in total. The van der Waals surface area contributed by atoms with E-state index in [4.69, 9.17) is 10.00 Å². The number of nitrogens with zero attached hydrogens (tertiary/aromatic N) is 3. The fraction of sp³-hybridized carbons (Fsp3) is 0.818. The molecular weight excluding hydrogens is 384 g/mol. The molecule has 0 aromatic heterocycles. The van der Waals surface area contributed by atoms with Crippen molar-refractivity contribution in [3.05, 3.63) is 0 Å². The maximum atomic E-state index is 13.2. The lowest BCUT2D eigenvalue weighted by Crippen LogP contribution is -2.52. The van der Waals surface area contributed by atoms with Crippen molar-refractivity contribution in [2.45, 2.75) is 77.3 Å². The molecule has 0 aromatic carbocycles. The highest BCUT2D eigenvalue weighted by molar-refractivity contribution is 6.09. The first-order valence-corrected chi connectivity index (χ1v) is 11.1. The minimum atomic E-state index is -0.866. The molecule has 0 aromatic rings. The predicted molar refractivity (Wildman–Crippen MR) is 110 cm³/mol. The van der Waals surface area contributed by atoms with Crippen LogP contribution < -0.4 is 5.32 Å². The second-order valence-corrected chi connectivity index (χ2v) is 9.88. The Balaban J connectivity index is 1.67. The molecule has 0 unspecified atom stereocenters. The first-order chi connectivity index (χ1) is 14.2. The van der Waals surface area contributed by atoms with E-state index in [9.17, 15) is 14.4 Å². The predicted octanol–water partition coefficient (Wildman–Crippen LogP) is 2.43. The van der Waals surface area contributed by atoms with Crippen LogP contribution in [0.1, 0.15) is 65.7 Å². The van der Waals surface area contributed by atoms with Crippen LogP contribution in [0, 0.1) is 22.7 Å². The van der Waals surface area contributed by atoms with Crippen molar-refractivity contribution in [3.8, 4) is 6.07 Å². The van der Waals surface area contributed by atoms with Gasteiger partial charge in [0.15, 0.2) is 0 Å². The average Bonchev–Trinajstić information content (AvgIpc) is 2.93. The summed E-state index contributed by atoms with van der Waals surface area (Å²) in [7, 11) is 0. The highest BCUT2D eigenvalue weighted by Crippen LogP contribution is 2.43. The van der Waals surface area contributed by atoms with E-state index < -0.39 is 11.6 Å². The van der Waals surface area contributed by atoms with Crippen molar-refractivity contribution in [1.82, 2.24) is 15.1 Å². The number of rotatable bonds is 5. The van der Waals surface area contributed by atoms with Crippen LogP contribution in [0.4, 0.5) is 4.79 Å². The standard InChI is InChI=1S/C22H34N4O4/c1-21(2,3)16-5-9-22(10-6-16)19(28)26(20(29)24-22)15-18(27)25(12-4-11-23)17-7-13-30-14-8-17/h16-17H,4-10,12-15H2,1-3H3,(H,24,29). The molecule has 4 amide bonds. The van der Waals surface area contributed by atoms with Gasteiger partial charge in [0.1, 0.15) is 12.1 Å². The average molecular weight is 419 g/mol. The maximum Gasteiger partial charge on any atom is 0.325 e. The summed E-state index contributed by atoms with van der Waals surface area (Å²) in [6.45, 7) is 7.82. The van der Waals surface area contributed by atoms with Crippen LogP contribution in [0.5, 0.6) is 0 Å². The number of nitrogens with one attached hydrogen (secondary N) is 1. The van der Waals surface area contributed by atoms with E-state index in [2.05, 4.69) is 32.2 Å². The molecule has 30 heavy (non-hydrogen) atoms. The summed E-state index contributed by atoms with van der Waals surface area (Å²) in [5, 5.41) is 11.9. The van der Waals surface area contributed by atoms with Crippen LogP contribution in [0.15, 0.2) is 0 Å². The fourth-order valence-corrected chi connectivity index (χ4v) is 5.04. The summed E-state index contributed by atoms with van der Waals surface area (Å²) in [5.74, 6) is -0.0417. The van der Waals surface area contributed by atoms with Gasteiger partial charge in [0.25, 0.3) is 5.91 Å². The summed E-state index contributed by atoms with van der Waals surface area (Å²) < 4.78 is 5.38. The van der Waals surface area contributed by atoms with Crippen molar-refractivity contribution in [3.63, 3.8) is 0 Å². The molecule has 2 heterocycles. The minimum Gasteiger partial charge on any atom is -0.381 e. The highest BCUT2D eigenvalue weighted by atomic mass is 16.5. The Morgan fingerprint density at radius 1 is 1.23 bits per heavy atom. The molecule has 1 aliphatic carbocycles. The molecule has 166 valence electrons. The van der Waals surface area contributed by atoms with E-state index in [-0.39, 0.29) is 36.2 Å². The Bertz CT molecular complexity index is 710. The SMILES string of the molecule is CC(C)(C)C1CCC2(CC1)NC(=O)N(CC(=O)N(CCC#N)C1CCOCC1)C2=O. The van der Waals surface area contributed by atoms with Gasteiger partial charge < -0.3 is 15.0 Å². The van der Waals surface area contributed by atoms with Crippen LogP contribution >= 0.6 is 0 Å². The molecular formula is C22H34N4O4. The zero-order valence-electron chi connectivity index (χ0n) is 18.4. The van der Waals surface area contributed by atoms with Crippen LogP contribution in [-0.4, -0.2) is 65.5 Å². The molecule has 0 bridgehead atoms. The van der Waals surface area contributed by atoms with Gasteiger partial charge in [-0.05, 0) is 49.9 Å². The molecule has 2 saturated heterocycles. The molecule has 0 atom stereocenters. The Morgan fingerprint density at radius 2 is 1.87 bits per heavy atom. The van der Waals surface area contributed by atoms with Crippen LogP contribution in [0.2, 0.25) is 0 Å². The van der Waals surface area contributed by atoms with E-state index >= 15 is 0 Å². The Morgan fingerprint density at radius 3 is 2.43 bits per heavy atom. The van der Waals surface area contributed by atoms with E-state index in [0.717, 1.165) is 17.7 Å². The lowest BCUT2D eigenvalue weighted by atomic mass is 9.67. The molecule has 1 N–H and O–H groups in total. The number of ether oxygens (including phenoxy) is 1. The number of urea groups is 1. The smallest absolute Gasteiger partial charge is 0.325 e.